The number of benzene rings is 1. The maximum absolute atomic E-state index is 12.8. The van der Waals surface area contributed by atoms with Gasteiger partial charge in [-0.15, -0.1) is 11.3 Å². The lowest BCUT2D eigenvalue weighted by molar-refractivity contribution is 0.0637. The number of thiophene rings is 1. The fourth-order valence-electron chi connectivity index (χ4n) is 3.74. The quantitative estimate of drug-likeness (QED) is 0.715. The van der Waals surface area contributed by atoms with Crippen LogP contribution in [0.2, 0.25) is 0 Å². The van der Waals surface area contributed by atoms with Crippen molar-refractivity contribution in [2.75, 3.05) is 45.9 Å². The molecule has 0 bridgehead atoms. The van der Waals surface area contributed by atoms with Gasteiger partial charge in [0.2, 0.25) is 0 Å². The number of piperazine rings is 1. The van der Waals surface area contributed by atoms with Crippen molar-refractivity contribution < 1.29 is 14.3 Å². The van der Waals surface area contributed by atoms with Gasteiger partial charge in [0, 0.05) is 49.8 Å². The Labute approximate surface area is 170 Å². The summed E-state index contributed by atoms with van der Waals surface area (Å²) < 4.78 is 11.4. The molecule has 0 aliphatic carbocycles. The second kappa shape index (κ2) is 9.54. The van der Waals surface area contributed by atoms with Crippen LogP contribution in [0.1, 0.15) is 28.1 Å². The van der Waals surface area contributed by atoms with Crippen molar-refractivity contribution in [1.29, 1.82) is 0 Å². The molecule has 2 fully saturated rings. The third kappa shape index (κ3) is 5.13. The second-order valence-electron chi connectivity index (χ2n) is 7.43. The lowest BCUT2D eigenvalue weighted by Crippen LogP contribution is -2.49. The third-order valence-corrected chi connectivity index (χ3v) is 6.41. The number of hydrogen-bond donors (Lipinski definition) is 0. The highest BCUT2D eigenvalue weighted by Crippen LogP contribution is 2.18. The van der Waals surface area contributed by atoms with Crippen LogP contribution in [-0.2, 0) is 11.2 Å². The van der Waals surface area contributed by atoms with E-state index in [9.17, 15) is 4.79 Å². The predicted octanol–water partition coefficient (Wildman–Crippen LogP) is 3.31. The molecule has 0 N–H and O–H groups in total. The van der Waals surface area contributed by atoms with E-state index in [2.05, 4.69) is 22.4 Å². The Bertz CT molecular complexity index is 734. The van der Waals surface area contributed by atoms with Crippen LogP contribution in [0, 0.1) is 0 Å². The summed E-state index contributed by atoms with van der Waals surface area (Å²) in [5.41, 5.74) is 0.733. The van der Waals surface area contributed by atoms with Crippen molar-refractivity contribution in [3.05, 3.63) is 52.2 Å². The molecule has 3 heterocycles. The van der Waals surface area contributed by atoms with Gasteiger partial charge in [0.1, 0.15) is 12.4 Å². The Morgan fingerprint density at radius 1 is 1.14 bits per heavy atom. The van der Waals surface area contributed by atoms with E-state index < -0.39 is 0 Å². The highest BCUT2D eigenvalue weighted by atomic mass is 32.1. The molecule has 0 saturated carbocycles. The van der Waals surface area contributed by atoms with E-state index in [1.165, 1.54) is 4.88 Å². The largest absolute Gasteiger partial charge is 0.491 e. The second-order valence-corrected chi connectivity index (χ2v) is 8.47. The van der Waals surface area contributed by atoms with E-state index >= 15 is 0 Å². The van der Waals surface area contributed by atoms with Crippen molar-refractivity contribution in [3.8, 4) is 5.75 Å². The first-order valence-corrected chi connectivity index (χ1v) is 11.0. The Hall–Kier alpha value is -1.89. The van der Waals surface area contributed by atoms with Gasteiger partial charge in [0.05, 0.1) is 6.10 Å². The summed E-state index contributed by atoms with van der Waals surface area (Å²) in [7, 11) is 0. The van der Waals surface area contributed by atoms with Crippen LogP contribution in [0.4, 0.5) is 0 Å². The van der Waals surface area contributed by atoms with Crippen LogP contribution in [0.25, 0.3) is 0 Å². The summed E-state index contributed by atoms with van der Waals surface area (Å²) in [6, 6.07) is 11.8. The molecule has 28 heavy (non-hydrogen) atoms. The molecule has 1 atom stereocenters. The molecule has 2 aromatic rings. The average Bonchev–Trinajstić information content (AvgIpc) is 3.45. The van der Waals surface area contributed by atoms with Crippen LogP contribution < -0.4 is 4.74 Å². The third-order valence-electron chi connectivity index (χ3n) is 5.48. The van der Waals surface area contributed by atoms with Gasteiger partial charge in [-0.2, -0.15) is 0 Å². The van der Waals surface area contributed by atoms with Crippen molar-refractivity contribution in [1.82, 2.24) is 9.80 Å². The predicted molar refractivity (Wildman–Crippen MR) is 111 cm³/mol. The number of rotatable bonds is 7. The molecule has 0 radical (unpaired) electrons. The van der Waals surface area contributed by atoms with Crippen molar-refractivity contribution in [3.63, 3.8) is 0 Å². The van der Waals surface area contributed by atoms with Crippen molar-refractivity contribution >= 4 is 17.2 Å². The summed E-state index contributed by atoms with van der Waals surface area (Å²) in [6.07, 6.45) is 3.48. The van der Waals surface area contributed by atoms with E-state index in [0.29, 0.717) is 6.61 Å². The molecule has 4 rings (SSSR count). The molecule has 1 aromatic heterocycles. The van der Waals surface area contributed by atoms with Crippen LogP contribution >= 0.6 is 11.3 Å². The molecule has 5 nitrogen and oxygen atoms in total. The summed E-state index contributed by atoms with van der Waals surface area (Å²) >= 11 is 1.82. The van der Waals surface area contributed by atoms with Crippen molar-refractivity contribution in [2.45, 2.75) is 25.4 Å². The standard InChI is InChI=1S/C22H28N2O3S/c25-22(18-5-7-19(8-6-18)27-17-20-3-1-15-26-20)24-13-11-23(12-14-24)10-9-21-4-2-16-28-21/h2,4-8,16,20H,1,3,9-15,17H2. The molecular formula is C22H28N2O3S. The Morgan fingerprint density at radius 3 is 2.64 bits per heavy atom. The number of carbonyl (C=O) groups excluding carboxylic acids is 1. The maximum Gasteiger partial charge on any atom is 0.253 e. The summed E-state index contributed by atoms with van der Waals surface area (Å²) in [5, 5.41) is 2.13. The molecular weight excluding hydrogens is 372 g/mol. The van der Waals surface area contributed by atoms with Gasteiger partial charge in [-0.3, -0.25) is 9.69 Å². The Morgan fingerprint density at radius 2 is 1.96 bits per heavy atom. The van der Waals surface area contributed by atoms with E-state index in [1.54, 1.807) is 0 Å². The highest BCUT2D eigenvalue weighted by Gasteiger charge is 2.22. The average molecular weight is 401 g/mol. The lowest BCUT2D eigenvalue weighted by atomic mass is 10.1. The normalized spacial score (nSPS) is 20.4. The fourth-order valence-corrected chi connectivity index (χ4v) is 4.44. The molecule has 6 heteroatoms. The fraction of sp³-hybridized carbons (Fsp3) is 0.500. The van der Waals surface area contributed by atoms with E-state index in [0.717, 1.165) is 69.9 Å². The Balaban J connectivity index is 1.22. The zero-order valence-electron chi connectivity index (χ0n) is 16.2. The summed E-state index contributed by atoms with van der Waals surface area (Å²) in [6.45, 7) is 5.96. The molecule has 0 spiro atoms. The van der Waals surface area contributed by atoms with Gasteiger partial charge in [0.25, 0.3) is 5.91 Å². The van der Waals surface area contributed by atoms with Gasteiger partial charge in [0.15, 0.2) is 0 Å². The maximum atomic E-state index is 12.8. The summed E-state index contributed by atoms with van der Waals surface area (Å²) in [5.74, 6) is 0.911. The zero-order chi connectivity index (χ0) is 19.2. The van der Waals surface area contributed by atoms with E-state index in [-0.39, 0.29) is 12.0 Å². The Kier molecular flexibility index (Phi) is 6.62. The minimum Gasteiger partial charge on any atom is -0.491 e. The molecule has 150 valence electrons. The van der Waals surface area contributed by atoms with Gasteiger partial charge in [-0.25, -0.2) is 0 Å². The lowest BCUT2D eigenvalue weighted by Gasteiger charge is -2.34. The van der Waals surface area contributed by atoms with Crippen LogP contribution in [0.5, 0.6) is 5.75 Å². The van der Waals surface area contributed by atoms with Gasteiger partial charge < -0.3 is 14.4 Å². The number of carbonyl (C=O) groups is 1. The SMILES string of the molecule is O=C(c1ccc(OCC2CCCO2)cc1)N1CCN(CCc2cccs2)CC1. The molecule has 1 aromatic carbocycles. The van der Waals surface area contributed by atoms with Crippen LogP contribution in [-0.4, -0.2) is 67.7 Å². The minimum absolute atomic E-state index is 0.114. The number of amides is 1. The van der Waals surface area contributed by atoms with Gasteiger partial charge in [-0.05, 0) is 55.0 Å². The van der Waals surface area contributed by atoms with Crippen LogP contribution in [0.15, 0.2) is 41.8 Å². The molecule has 2 aliphatic rings. The first kappa shape index (κ1) is 19.4. The zero-order valence-corrected chi connectivity index (χ0v) is 17.0. The van der Waals surface area contributed by atoms with E-state index in [1.807, 2.05) is 40.5 Å². The number of nitrogens with zero attached hydrogens (tertiary/aromatic N) is 2. The minimum atomic E-state index is 0.114. The first-order valence-electron chi connectivity index (χ1n) is 10.2. The van der Waals surface area contributed by atoms with Gasteiger partial charge >= 0.3 is 0 Å². The smallest absolute Gasteiger partial charge is 0.253 e. The van der Waals surface area contributed by atoms with Crippen LogP contribution in [0.3, 0.4) is 0 Å². The molecule has 2 saturated heterocycles. The number of hydrogen-bond acceptors (Lipinski definition) is 5. The molecule has 1 unspecified atom stereocenters. The highest BCUT2D eigenvalue weighted by molar-refractivity contribution is 7.09. The molecule has 1 amide bonds. The van der Waals surface area contributed by atoms with Crippen molar-refractivity contribution in [2.24, 2.45) is 0 Å². The number of ether oxygens (including phenoxy) is 2. The van der Waals surface area contributed by atoms with E-state index in [4.69, 9.17) is 9.47 Å². The van der Waals surface area contributed by atoms with Gasteiger partial charge in [-0.1, -0.05) is 6.07 Å². The monoisotopic (exact) mass is 400 g/mol. The molecule has 2 aliphatic heterocycles. The first-order chi connectivity index (χ1) is 13.8. The topological polar surface area (TPSA) is 42.0 Å². The summed E-state index contributed by atoms with van der Waals surface area (Å²) in [4.78, 5) is 18.6.